The number of aromatic nitrogens is 2. The highest BCUT2D eigenvalue weighted by Gasteiger charge is 2.34. The van der Waals surface area contributed by atoms with E-state index >= 15 is 0 Å². The smallest absolute Gasteiger partial charge is 0.416 e. The van der Waals surface area contributed by atoms with Crippen LogP contribution in [0.2, 0.25) is 0 Å². The zero-order chi connectivity index (χ0) is 31.6. The lowest BCUT2D eigenvalue weighted by Crippen LogP contribution is -2.28. The van der Waals surface area contributed by atoms with Crippen molar-refractivity contribution < 1.29 is 32.5 Å². The van der Waals surface area contributed by atoms with E-state index in [0.29, 0.717) is 62.3 Å². The number of benzene rings is 3. The molecule has 1 unspecified atom stereocenters. The van der Waals surface area contributed by atoms with Gasteiger partial charge < -0.3 is 14.6 Å². The van der Waals surface area contributed by atoms with Gasteiger partial charge in [0.25, 0.3) is 0 Å². The lowest BCUT2D eigenvalue weighted by molar-refractivity contribution is -0.160. The van der Waals surface area contributed by atoms with Gasteiger partial charge in [-0.3, -0.25) is 14.3 Å². The molecule has 3 heterocycles. The SMILES string of the molecule is Cc1cc2c(sc(=O)n2Cc2cccc(C(F)(F)F)c2)c(-c2ccc3c4c(ccnc24)CCO3)c1C(OC(C)(C)C)C(=O)O. The molecule has 0 aliphatic carbocycles. The molecular weight excluding hydrogens is 593 g/mol. The predicted molar refractivity (Wildman–Crippen MR) is 163 cm³/mol. The van der Waals surface area contributed by atoms with E-state index in [-0.39, 0.29) is 6.54 Å². The zero-order valence-corrected chi connectivity index (χ0v) is 25.2. The first-order chi connectivity index (χ1) is 20.7. The average molecular weight is 623 g/mol. The number of alkyl halides is 3. The normalized spacial score (nSPS) is 14.2. The highest BCUT2D eigenvalue weighted by Crippen LogP contribution is 2.46. The van der Waals surface area contributed by atoms with Crippen molar-refractivity contribution >= 4 is 38.4 Å². The second-order valence-corrected chi connectivity index (χ2v) is 12.8. The van der Waals surface area contributed by atoms with Gasteiger partial charge in [0.1, 0.15) is 5.75 Å². The van der Waals surface area contributed by atoms with Gasteiger partial charge in [0.05, 0.1) is 40.0 Å². The molecule has 0 fully saturated rings. The van der Waals surface area contributed by atoms with Gasteiger partial charge in [-0.05, 0) is 80.8 Å². The Morgan fingerprint density at radius 3 is 2.64 bits per heavy atom. The maximum absolute atomic E-state index is 13.6. The summed E-state index contributed by atoms with van der Waals surface area (Å²) in [7, 11) is 0. The molecule has 5 aromatic rings. The first-order valence-electron chi connectivity index (χ1n) is 14.0. The van der Waals surface area contributed by atoms with Crippen LogP contribution < -0.4 is 9.61 Å². The van der Waals surface area contributed by atoms with Gasteiger partial charge in [0.2, 0.25) is 0 Å². The highest BCUT2D eigenvalue weighted by atomic mass is 32.1. The zero-order valence-electron chi connectivity index (χ0n) is 24.4. The van der Waals surface area contributed by atoms with Crippen LogP contribution in [0.3, 0.4) is 0 Å². The van der Waals surface area contributed by atoms with Crippen LogP contribution in [0.1, 0.15) is 54.7 Å². The van der Waals surface area contributed by atoms with Gasteiger partial charge in [-0.15, -0.1) is 0 Å². The number of carboxylic acids is 1. The van der Waals surface area contributed by atoms with E-state index in [1.807, 2.05) is 18.2 Å². The summed E-state index contributed by atoms with van der Waals surface area (Å²) in [6.07, 6.45) is -3.53. The number of thiazole rings is 1. The van der Waals surface area contributed by atoms with Crippen LogP contribution in [0.5, 0.6) is 5.75 Å². The molecule has 0 saturated carbocycles. The Morgan fingerprint density at radius 1 is 1.16 bits per heavy atom. The molecule has 228 valence electrons. The molecule has 0 radical (unpaired) electrons. The maximum Gasteiger partial charge on any atom is 0.416 e. The van der Waals surface area contributed by atoms with Gasteiger partial charge in [0, 0.05) is 34.7 Å². The first-order valence-corrected chi connectivity index (χ1v) is 14.8. The highest BCUT2D eigenvalue weighted by molar-refractivity contribution is 7.17. The van der Waals surface area contributed by atoms with Crippen molar-refractivity contribution in [2.75, 3.05) is 6.61 Å². The van der Waals surface area contributed by atoms with Gasteiger partial charge in [0.15, 0.2) is 6.10 Å². The monoisotopic (exact) mass is 622 g/mol. The summed E-state index contributed by atoms with van der Waals surface area (Å²) in [5.74, 6) is -0.530. The number of aliphatic carboxylic acids is 1. The van der Waals surface area contributed by atoms with E-state index in [0.717, 1.165) is 34.4 Å². The van der Waals surface area contributed by atoms with E-state index in [4.69, 9.17) is 14.5 Å². The Bertz CT molecular complexity index is 2000. The fraction of sp³-hybridized carbons (Fsp3) is 0.303. The molecule has 2 aromatic heterocycles. The molecule has 0 saturated heterocycles. The van der Waals surface area contributed by atoms with E-state index in [2.05, 4.69) is 0 Å². The number of fused-ring (bicyclic) bond motifs is 1. The van der Waals surface area contributed by atoms with Crippen molar-refractivity contribution in [2.45, 2.75) is 58.5 Å². The molecule has 44 heavy (non-hydrogen) atoms. The average Bonchev–Trinajstić information content (AvgIpc) is 3.25. The summed E-state index contributed by atoms with van der Waals surface area (Å²) in [6.45, 7) is 7.47. The van der Waals surface area contributed by atoms with Gasteiger partial charge in [-0.1, -0.05) is 23.5 Å². The molecule has 0 bridgehead atoms. The Balaban J connectivity index is 1.66. The molecule has 1 N–H and O–H groups in total. The standard InChI is InChI=1S/C33H29F3N2O5S/c1-17-14-22-29(44-31(41)38(22)16-18-6-5-7-20(15-18)33(34,35)36)26(24(17)28(30(39)40)43-32(2,3)4)21-8-9-23-25-19(11-13-42-23)10-12-37-27(21)25/h5-10,12,14-15,28H,11,13,16H2,1-4H3,(H,39,40). The Morgan fingerprint density at radius 2 is 1.93 bits per heavy atom. The third-order valence-corrected chi connectivity index (χ3v) is 8.61. The van der Waals surface area contributed by atoms with Crippen LogP contribution in [0.25, 0.3) is 32.2 Å². The lowest BCUT2D eigenvalue weighted by atomic mass is 9.89. The largest absolute Gasteiger partial charge is 0.493 e. The molecule has 6 rings (SSSR count). The third-order valence-electron chi connectivity index (χ3n) is 7.60. The van der Waals surface area contributed by atoms with Crippen LogP contribution >= 0.6 is 11.3 Å². The van der Waals surface area contributed by atoms with Crippen molar-refractivity contribution in [3.63, 3.8) is 0 Å². The van der Waals surface area contributed by atoms with Crippen LogP contribution in [0.4, 0.5) is 13.2 Å². The van der Waals surface area contributed by atoms with E-state index in [9.17, 15) is 27.9 Å². The quantitative estimate of drug-likeness (QED) is 0.211. The topological polar surface area (TPSA) is 90.7 Å². The second-order valence-electron chi connectivity index (χ2n) is 11.8. The number of pyridine rings is 1. The Labute approximate surface area is 254 Å². The van der Waals surface area contributed by atoms with Crippen LogP contribution in [0, 0.1) is 6.92 Å². The van der Waals surface area contributed by atoms with Crippen molar-refractivity contribution in [3.8, 4) is 16.9 Å². The number of ether oxygens (including phenoxy) is 2. The maximum atomic E-state index is 13.6. The van der Waals surface area contributed by atoms with E-state index in [1.165, 1.54) is 10.6 Å². The number of aryl methyl sites for hydroxylation is 1. The van der Waals surface area contributed by atoms with Gasteiger partial charge >= 0.3 is 17.0 Å². The predicted octanol–water partition coefficient (Wildman–Crippen LogP) is 7.53. The lowest BCUT2D eigenvalue weighted by Gasteiger charge is -2.28. The molecule has 3 aromatic carbocycles. The molecular formula is C33H29F3N2O5S. The molecule has 1 aliphatic rings. The van der Waals surface area contributed by atoms with Crippen LogP contribution in [-0.2, 0) is 28.7 Å². The molecule has 0 spiro atoms. The Hall–Kier alpha value is -4.22. The molecule has 0 amide bonds. The Kier molecular flexibility index (Phi) is 7.28. The summed E-state index contributed by atoms with van der Waals surface area (Å²) in [6, 6.07) is 12.2. The van der Waals surface area contributed by atoms with E-state index < -0.39 is 34.3 Å². The molecule has 11 heteroatoms. The first kappa shape index (κ1) is 29.8. The summed E-state index contributed by atoms with van der Waals surface area (Å²) < 4.78 is 54.3. The van der Waals surface area contributed by atoms with Gasteiger partial charge in [-0.2, -0.15) is 13.2 Å². The van der Waals surface area contributed by atoms with Crippen molar-refractivity contribution in [3.05, 3.63) is 92.2 Å². The third kappa shape index (κ3) is 5.35. The number of halogens is 3. The summed E-state index contributed by atoms with van der Waals surface area (Å²) in [5, 5.41) is 11.3. The fourth-order valence-corrected chi connectivity index (χ4v) is 6.86. The summed E-state index contributed by atoms with van der Waals surface area (Å²) >= 11 is 0.914. The van der Waals surface area contributed by atoms with Crippen molar-refractivity contribution in [2.24, 2.45) is 0 Å². The fourth-order valence-electron chi connectivity index (χ4n) is 5.81. The number of carbonyl (C=O) groups is 1. The molecule has 1 aliphatic heterocycles. The van der Waals surface area contributed by atoms with E-state index in [1.54, 1.807) is 46.0 Å². The molecule has 7 nitrogen and oxygen atoms in total. The minimum atomic E-state index is -4.53. The number of rotatable bonds is 6. The van der Waals surface area contributed by atoms with Crippen LogP contribution in [-0.4, -0.2) is 32.8 Å². The number of nitrogens with zero attached hydrogens (tertiary/aromatic N) is 2. The number of hydrogen-bond acceptors (Lipinski definition) is 6. The number of hydrogen-bond donors (Lipinski definition) is 1. The minimum absolute atomic E-state index is 0.0995. The summed E-state index contributed by atoms with van der Waals surface area (Å²) in [5.41, 5.74) is 2.83. The van der Waals surface area contributed by atoms with Gasteiger partial charge in [-0.25, -0.2) is 4.79 Å². The minimum Gasteiger partial charge on any atom is -0.493 e. The van der Waals surface area contributed by atoms with Crippen molar-refractivity contribution in [1.29, 1.82) is 0 Å². The van der Waals surface area contributed by atoms with Crippen LogP contribution in [0.15, 0.2) is 59.5 Å². The summed E-state index contributed by atoms with van der Waals surface area (Å²) in [4.78, 5) is 30.7. The molecule has 1 atom stereocenters. The van der Waals surface area contributed by atoms with Crippen molar-refractivity contribution in [1.82, 2.24) is 9.55 Å². The second kappa shape index (κ2) is 10.7. The number of carboxylic acid groups (broad SMARTS) is 1.